The van der Waals surface area contributed by atoms with Gasteiger partial charge in [-0.3, -0.25) is 18.9 Å². The third kappa shape index (κ3) is 6.94. The fraction of sp³-hybridized carbons (Fsp3) is 0.750. The maximum Gasteiger partial charge on any atom is 0.481 e. The number of H-pyrrole nitrogens is 1. The number of aryl methyl sites for hydroxylation is 1. The van der Waals surface area contributed by atoms with Crippen molar-refractivity contribution in [3.05, 3.63) is 32.6 Å². The minimum absolute atomic E-state index is 0.138. The molecule has 9 atom stereocenters. The number of aromatic amines is 1. The number of nitrogens with one attached hydrogen (secondary N) is 1. The summed E-state index contributed by atoms with van der Waals surface area (Å²) in [6.45, 7) is -0.224. The van der Waals surface area contributed by atoms with Crippen LogP contribution in [-0.4, -0.2) is 101 Å². The molecule has 18 nitrogen and oxygen atoms in total. The monoisotopic (exact) mass is 564 g/mol. The second-order valence-electron chi connectivity index (χ2n) is 8.05. The molecule has 2 fully saturated rings. The Kier molecular flexibility index (Phi) is 9.08. The Hall–Kier alpha value is -1.34. The number of hydrogen-bond acceptors (Lipinski definition) is 13. The van der Waals surface area contributed by atoms with E-state index in [1.54, 1.807) is 0 Å². The summed E-state index contributed by atoms with van der Waals surface area (Å²) in [4.78, 5) is 53.1. The van der Waals surface area contributed by atoms with Gasteiger partial charge < -0.3 is 49.3 Å². The van der Waals surface area contributed by atoms with Gasteiger partial charge in [-0.15, -0.1) is 0 Å². The number of aliphatic hydroxyl groups excluding tert-OH is 4. The van der Waals surface area contributed by atoms with Crippen LogP contribution in [0.3, 0.4) is 0 Å². The summed E-state index contributed by atoms with van der Waals surface area (Å²) in [5.41, 5.74) is -1.39. The van der Waals surface area contributed by atoms with Crippen LogP contribution in [0.2, 0.25) is 0 Å². The van der Waals surface area contributed by atoms with Crippen LogP contribution in [0.4, 0.5) is 0 Å². The zero-order valence-electron chi connectivity index (χ0n) is 18.5. The van der Waals surface area contributed by atoms with Crippen molar-refractivity contribution in [2.45, 2.75) is 62.5 Å². The Morgan fingerprint density at radius 3 is 2.36 bits per heavy atom. The molecule has 3 heterocycles. The first kappa shape index (κ1) is 29.2. The lowest BCUT2D eigenvalue weighted by molar-refractivity contribution is -0.314. The van der Waals surface area contributed by atoms with Crippen LogP contribution in [0.25, 0.3) is 0 Å². The zero-order chi connectivity index (χ0) is 27.0. The van der Waals surface area contributed by atoms with Crippen LogP contribution < -0.4 is 11.2 Å². The van der Waals surface area contributed by atoms with E-state index in [4.69, 9.17) is 24.0 Å². The van der Waals surface area contributed by atoms with Crippen LogP contribution in [-0.2, 0) is 32.2 Å². The molecule has 0 amide bonds. The van der Waals surface area contributed by atoms with Crippen molar-refractivity contribution in [2.24, 2.45) is 0 Å². The average molecular weight is 564 g/mol. The second kappa shape index (κ2) is 11.2. The quantitative estimate of drug-likeness (QED) is 0.135. The molecule has 1 aromatic heterocycles. The number of hydrogen-bond donors (Lipinski definition) is 8. The predicted molar refractivity (Wildman–Crippen MR) is 112 cm³/mol. The molecule has 8 N–H and O–H groups in total. The first-order chi connectivity index (χ1) is 16.6. The Bertz CT molecular complexity index is 1130. The highest BCUT2D eigenvalue weighted by Gasteiger charge is 2.48. The molecule has 1 aromatic rings. The third-order valence-electron chi connectivity index (χ3n) is 5.41. The van der Waals surface area contributed by atoms with Gasteiger partial charge in [0.05, 0.1) is 19.3 Å². The van der Waals surface area contributed by atoms with Gasteiger partial charge in [0.25, 0.3) is 5.56 Å². The molecule has 2 saturated heterocycles. The van der Waals surface area contributed by atoms with Gasteiger partial charge in [-0.1, -0.05) is 0 Å². The summed E-state index contributed by atoms with van der Waals surface area (Å²) in [5.74, 6) is 0. The summed E-state index contributed by atoms with van der Waals surface area (Å²) in [7, 11) is -10.7. The van der Waals surface area contributed by atoms with Crippen molar-refractivity contribution in [3.8, 4) is 0 Å². The van der Waals surface area contributed by atoms with E-state index in [0.717, 1.165) is 4.57 Å². The summed E-state index contributed by atoms with van der Waals surface area (Å²) in [6, 6.07) is 0. The zero-order valence-corrected chi connectivity index (χ0v) is 20.3. The minimum Gasteiger partial charge on any atom is -0.394 e. The molecule has 0 aliphatic carbocycles. The molecule has 36 heavy (non-hydrogen) atoms. The molecule has 0 spiro atoms. The molecule has 0 aromatic carbocycles. The molecule has 0 saturated carbocycles. The van der Waals surface area contributed by atoms with E-state index in [2.05, 4.69) is 13.8 Å². The molecular formula is C16H26N2O16P2. The van der Waals surface area contributed by atoms with Gasteiger partial charge >= 0.3 is 21.3 Å². The average Bonchev–Trinajstić information content (AvgIpc) is 3.16. The van der Waals surface area contributed by atoms with Crippen LogP contribution in [0.1, 0.15) is 18.2 Å². The van der Waals surface area contributed by atoms with Gasteiger partial charge in [0.1, 0.15) is 36.7 Å². The number of phosphoric ester groups is 1. The standard InChI is InChI=1S/C16H26N2O16P2/c1-6-3-18(16(24)17-14(6)23)10-2-7(9(31-10)5-30-36(28,29)34-35(25,26)27)32-15-13(22)12(21)11(20)8(4-19)33-15/h3,7-13,15,19-22H,2,4-5H2,1H3,(H,28,29)(H,17,23,24)(H2,25,26,27)/t7-,8+,9+,10+,11+,12-,13+,15-/m0/s1. The summed E-state index contributed by atoms with van der Waals surface area (Å²) >= 11 is 0. The van der Waals surface area contributed by atoms with Gasteiger partial charge in [0.2, 0.25) is 0 Å². The van der Waals surface area contributed by atoms with Crippen LogP contribution in [0.5, 0.6) is 0 Å². The third-order valence-corrected chi connectivity index (χ3v) is 7.56. The molecule has 206 valence electrons. The lowest BCUT2D eigenvalue weighted by atomic mass is 9.99. The van der Waals surface area contributed by atoms with E-state index in [9.17, 15) is 44.0 Å². The molecule has 2 aliphatic rings. The first-order valence-electron chi connectivity index (χ1n) is 10.3. The van der Waals surface area contributed by atoms with Gasteiger partial charge in [-0.25, -0.2) is 13.9 Å². The number of rotatable bonds is 9. The largest absolute Gasteiger partial charge is 0.481 e. The fourth-order valence-corrected chi connectivity index (χ4v) is 5.24. The SMILES string of the molecule is Cc1cn([C@H]2C[C@H](O[C@H]3O[C@H](CO)[C@@H](O)[C@H](O)[C@H]3O)[C@@H](COP(=O)(O)OP(=O)(O)O)O2)c(=O)[nH]c1=O. The molecular weight excluding hydrogens is 538 g/mol. The number of aliphatic hydroxyl groups is 4. The minimum atomic E-state index is -5.42. The highest BCUT2D eigenvalue weighted by molar-refractivity contribution is 7.60. The number of nitrogens with zero attached hydrogens (tertiary/aromatic N) is 1. The molecule has 2 aliphatic heterocycles. The summed E-state index contributed by atoms with van der Waals surface area (Å²) in [5, 5.41) is 39.5. The number of ether oxygens (including phenoxy) is 3. The Morgan fingerprint density at radius 1 is 1.08 bits per heavy atom. The van der Waals surface area contributed by atoms with E-state index in [1.165, 1.54) is 13.1 Å². The number of phosphoric acid groups is 2. The van der Waals surface area contributed by atoms with Gasteiger partial charge in [-0.05, 0) is 6.92 Å². The van der Waals surface area contributed by atoms with Gasteiger partial charge in [-0.2, -0.15) is 4.31 Å². The Morgan fingerprint density at radius 2 is 1.75 bits per heavy atom. The fourth-order valence-electron chi connectivity index (χ4n) is 3.64. The molecule has 3 rings (SSSR count). The van der Waals surface area contributed by atoms with Crippen molar-refractivity contribution >= 4 is 15.6 Å². The normalized spacial score (nSPS) is 35.0. The summed E-state index contributed by atoms with van der Waals surface area (Å²) < 4.78 is 48.6. The maximum absolute atomic E-state index is 12.3. The lowest BCUT2D eigenvalue weighted by Crippen LogP contribution is -2.60. The highest BCUT2D eigenvalue weighted by Crippen LogP contribution is 2.57. The van der Waals surface area contributed by atoms with E-state index < -0.39 is 89.2 Å². The molecule has 20 heteroatoms. The Balaban J connectivity index is 1.84. The number of aromatic nitrogens is 2. The van der Waals surface area contributed by atoms with Crippen LogP contribution in [0.15, 0.2) is 15.8 Å². The predicted octanol–water partition coefficient (Wildman–Crippen LogP) is -3.46. The second-order valence-corrected chi connectivity index (χ2v) is 10.9. The topological polar surface area (TPSA) is 277 Å². The van der Waals surface area contributed by atoms with E-state index in [0.29, 0.717) is 0 Å². The van der Waals surface area contributed by atoms with Crippen molar-refractivity contribution in [1.82, 2.24) is 9.55 Å². The van der Waals surface area contributed by atoms with Crippen molar-refractivity contribution in [1.29, 1.82) is 0 Å². The van der Waals surface area contributed by atoms with E-state index in [-0.39, 0.29) is 12.0 Å². The maximum atomic E-state index is 12.3. The molecule has 0 bridgehead atoms. The Labute approximate surface area is 201 Å². The van der Waals surface area contributed by atoms with Crippen LogP contribution in [0, 0.1) is 6.92 Å². The molecule has 0 radical (unpaired) electrons. The van der Waals surface area contributed by atoms with E-state index >= 15 is 0 Å². The molecule has 1 unspecified atom stereocenters. The first-order valence-corrected chi connectivity index (χ1v) is 13.3. The van der Waals surface area contributed by atoms with Crippen LogP contribution >= 0.6 is 15.6 Å². The lowest BCUT2D eigenvalue weighted by Gasteiger charge is -2.40. The van der Waals surface area contributed by atoms with Crippen molar-refractivity contribution in [3.63, 3.8) is 0 Å². The summed E-state index contributed by atoms with van der Waals surface area (Å²) in [6.07, 6.45) is -11.1. The van der Waals surface area contributed by atoms with Gasteiger partial charge in [0, 0.05) is 18.2 Å². The smallest absolute Gasteiger partial charge is 0.394 e. The highest BCUT2D eigenvalue weighted by atomic mass is 31.3. The van der Waals surface area contributed by atoms with Crippen molar-refractivity contribution < 1.29 is 67.3 Å². The van der Waals surface area contributed by atoms with Gasteiger partial charge in [0.15, 0.2) is 6.29 Å². The van der Waals surface area contributed by atoms with Crippen molar-refractivity contribution in [2.75, 3.05) is 13.2 Å². The van der Waals surface area contributed by atoms with E-state index in [1.807, 2.05) is 0 Å².